The number of rotatable bonds is 2. The summed E-state index contributed by atoms with van der Waals surface area (Å²) in [5, 5.41) is 6.48. The van der Waals surface area contributed by atoms with E-state index in [4.69, 9.17) is 0 Å². The van der Waals surface area contributed by atoms with Gasteiger partial charge in [-0.2, -0.15) is 0 Å². The van der Waals surface area contributed by atoms with Gasteiger partial charge in [0.1, 0.15) is 11.6 Å². The first kappa shape index (κ1) is 17.9. The number of carbonyl (C=O) groups is 2. The summed E-state index contributed by atoms with van der Waals surface area (Å²) in [6.07, 6.45) is 2.43. The Bertz CT molecular complexity index is 680. The molecule has 1 saturated heterocycles. The second-order valence-corrected chi connectivity index (χ2v) is 8.40. The number of hydrogen-bond acceptors (Lipinski definition) is 3. The molecule has 0 aromatic heterocycles. The lowest BCUT2D eigenvalue weighted by Crippen LogP contribution is -2.66. The minimum Gasteiger partial charge on any atom is -0.350 e. The lowest BCUT2D eigenvalue weighted by Gasteiger charge is -2.46. The zero-order valence-electron chi connectivity index (χ0n) is 15.7. The summed E-state index contributed by atoms with van der Waals surface area (Å²) >= 11 is 0. The average molecular weight is 343 g/mol. The van der Waals surface area contributed by atoms with Gasteiger partial charge in [0.25, 0.3) is 0 Å². The van der Waals surface area contributed by atoms with Crippen LogP contribution in [0.1, 0.15) is 51.7 Å². The molecule has 5 nitrogen and oxygen atoms in total. The van der Waals surface area contributed by atoms with Crippen LogP contribution in [0.5, 0.6) is 0 Å². The molecule has 1 fully saturated rings. The maximum absolute atomic E-state index is 13.3. The number of amides is 2. The van der Waals surface area contributed by atoms with Gasteiger partial charge in [-0.1, -0.05) is 24.3 Å². The van der Waals surface area contributed by atoms with Gasteiger partial charge in [-0.15, -0.1) is 0 Å². The molecule has 0 aliphatic carbocycles. The molecule has 3 rings (SSSR count). The molecule has 2 atom stereocenters. The molecule has 0 saturated carbocycles. The Morgan fingerprint density at radius 1 is 1.28 bits per heavy atom. The van der Waals surface area contributed by atoms with Crippen LogP contribution < -0.4 is 10.6 Å². The fourth-order valence-corrected chi connectivity index (χ4v) is 3.90. The van der Waals surface area contributed by atoms with Gasteiger partial charge in [0, 0.05) is 18.6 Å². The van der Waals surface area contributed by atoms with E-state index in [1.165, 1.54) is 11.1 Å². The van der Waals surface area contributed by atoms with Gasteiger partial charge >= 0.3 is 0 Å². The molecule has 2 amide bonds. The van der Waals surface area contributed by atoms with Crippen LogP contribution >= 0.6 is 0 Å². The van der Waals surface area contributed by atoms with Gasteiger partial charge < -0.3 is 10.2 Å². The fourth-order valence-electron chi connectivity index (χ4n) is 3.90. The molecule has 136 valence electrons. The number of carbonyl (C=O) groups excluding carboxylic acids is 2. The molecular weight excluding hydrogens is 314 g/mol. The van der Waals surface area contributed by atoms with Crippen molar-refractivity contribution in [2.24, 2.45) is 0 Å². The van der Waals surface area contributed by atoms with Crippen LogP contribution in [0.25, 0.3) is 0 Å². The van der Waals surface area contributed by atoms with Crippen molar-refractivity contribution >= 4 is 11.8 Å². The first-order valence-electron chi connectivity index (χ1n) is 9.17. The van der Waals surface area contributed by atoms with Gasteiger partial charge in [-0.3, -0.25) is 14.9 Å². The van der Waals surface area contributed by atoms with E-state index >= 15 is 0 Å². The largest absolute Gasteiger partial charge is 0.350 e. The monoisotopic (exact) mass is 343 g/mol. The summed E-state index contributed by atoms with van der Waals surface area (Å²) in [6.45, 7) is 9.04. The number of nitrogens with one attached hydrogen (secondary N) is 2. The van der Waals surface area contributed by atoms with Crippen molar-refractivity contribution in [2.45, 2.75) is 70.6 Å². The van der Waals surface area contributed by atoms with Crippen LogP contribution in [0.4, 0.5) is 0 Å². The Hall–Kier alpha value is -1.88. The molecule has 2 unspecified atom stereocenters. The first-order chi connectivity index (χ1) is 11.7. The summed E-state index contributed by atoms with van der Waals surface area (Å²) in [4.78, 5) is 27.6. The van der Waals surface area contributed by atoms with E-state index in [1.807, 2.05) is 39.8 Å². The van der Waals surface area contributed by atoms with E-state index in [9.17, 15) is 9.59 Å². The van der Waals surface area contributed by atoms with Crippen molar-refractivity contribution in [3.05, 3.63) is 35.4 Å². The highest BCUT2D eigenvalue weighted by Gasteiger charge is 2.47. The van der Waals surface area contributed by atoms with E-state index in [0.29, 0.717) is 19.5 Å². The number of nitrogens with zero attached hydrogens (tertiary/aromatic N) is 1. The zero-order valence-corrected chi connectivity index (χ0v) is 15.7. The lowest BCUT2D eigenvalue weighted by molar-refractivity contribution is -0.149. The van der Waals surface area contributed by atoms with E-state index in [1.54, 1.807) is 4.90 Å². The third-order valence-corrected chi connectivity index (χ3v) is 5.25. The standard InChI is InChI=1S/C20H29N3O2/c1-14(17(24)22-19(2,3)4)23-11-7-10-20(18(23)25)12-15-8-5-6-9-16(15)13-21-20/h5-6,8-9,14,21H,7,10-13H2,1-4H3,(H,22,24). The highest BCUT2D eigenvalue weighted by atomic mass is 16.2. The first-order valence-corrected chi connectivity index (χ1v) is 9.17. The summed E-state index contributed by atoms with van der Waals surface area (Å²) in [6, 6.07) is 7.83. The van der Waals surface area contributed by atoms with Gasteiger partial charge in [0.2, 0.25) is 11.8 Å². The van der Waals surface area contributed by atoms with E-state index in [-0.39, 0.29) is 17.4 Å². The second kappa shape index (κ2) is 6.45. The Labute approximate surface area is 150 Å². The van der Waals surface area contributed by atoms with Gasteiger partial charge in [0.15, 0.2) is 0 Å². The number of benzene rings is 1. The van der Waals surface area contributed by atoms with Crippen LogP contribution in [0.2, 0.25) is 0 Å². The van der Waals surface area contributed by atoms with Crippen LogP contribution in [-0.4, -0.2) is 40.4 Å². The Morgan fingerprint density at radius 3 is 2.64 bits per heavy atom. The van der Waals surface area contributed by atoms with Crippen molar-refractivity contribution in [1.82, 2.24) is 15.5 Å². The predicted octanol–water partition coefficient (Wildman–Crippen LogP) is 2.00. The van der Waals surface area contributed by atoms with Crippen molar-refractivity contribution in [3.63, 3.8) is 0 Å². The van der Waals surface area contributed by atoms with E-state index in [0.717, 1.165) is 12.8 Å². The fraction of sp³-hybridized carbons (Fsp3) is 0.600. The maximum Gasteiger partial charge on any atom is 0.243 e. The van der Waals surface area contributed by atoms with E-state index < -0.39 is 11.6 Å². The molecule has 0 radical (unpaired) electrons. The number of piperidine rings is 1. The zero-order chi connectivity index (χ0) is 18.2. The molecule has 2 aliphatic heterocycles. The smallest absolute Gasteiger partial charge is 0.243 e. The topological polar surface area (TPSA) is 61.4 Å². The predicted molar refractivity (Wildman–Crippen MR) is 98.0 cm³/mol. The van der Waals surface area contributed by atoms with Crippen molar-refractivity contribution in [3.8, 4) is 0 Å². The highest BCUT2D eigenvalue weighted by molar-refractivity contribution is 5.93. The number of likely N-dealkylation sites (tertiary alicyclic amines) is 1. The third kappa shape index (κ3) is 3.56. The van der Waals surface area contributed by atoms with E-state index in [2.05, 4.69) is 22.8 Å². The van der Waals surface area contributed by atoms with Crippen molar-refractivity contribution in [1.29, 1.82) is 0 Å². The molecule has 5 heteroatoms. The third-order valence-electron chi connectivity index (χ3n) is 5.25. The SMILES string of the molecule is CC(C(=O)NC(C)(C)C)N1CCCC2(Cc3ccccc3CN2)C1=O. The molecular formula is C20H29N3O2. The summed E-state index contributed by atoms with van der Waals surface area (Å²) in [5.74, 6) is -0.0288. The highest BCUT2D eigenvalue weighted by Crippen LogP contribution is 2.32. The molecule has 25 heavy (non-hydrogen) atoms. The molecule has 1 spiro atoms. The van der Waals surface area contributed by atoms with Gasteiger partial charge in [-0.25, -0.2) is 0 Å². The number of hydrogen-bond donors (Lipinski definition) is 2. The minimum atomic E-state index is -0.567. The van der Waals surface area contributed by atoms with Crippen LogP contribution in [0.15, 0.2) is 24.3 Å². The van der Waals surface area contributed by atoms with Crippen LogP contribution in [0.3, 0.4) is 0 Å². The molecule has 1 aromatic carbocycles. The average Bonchev–Trinajstić information content (AvgIpc) is 2.55. The van der Waals surface area contributed by atoms with Crippen LogP contribution in [0, 0.1) is 0 Å². The Kier molecular flexibility index (Phi) is 4.62. The van der Waals surface area contributed by atoms with Crippen molar-refractivity contribution in [2.75, 3.05) is 6.54 Å². The molecule has 1 aromatic rings. The normalized spacial score (nSPS) is 24.8. The van der Waals surface area contributed by atoms with Gasteiger partial charge in [0.05, 0.1) is 0 Å². The quantitative estimate of drug-likeness (QED) is 0.863. The minimum absolute atomic E-state index is 0.0600. The Balaban J connectivity index is 1.79. The molecule has 2 heterocycles. The maximum atomic E-state index is 13.3. The number of fused-ring (bicyclic) bond motifs is 1. The Morgan fingerprint density at radius 2 is 1.96 bits per heavy atom. The lowest BCUT2D eigenvalue weighted by atomic mass is 9.78. The van der Waals surface area contributed by atoms with Crippen molar-refractivity contribution < 1.29 is 9.59 Å². The molecule has 2 aliphatic rings. The summed E-state index contributed by atoms with van der Waals surface area (Å²) < 4.78 is 0. The van der Waals surface area contributed by atoms with Crippen LogP contribution in [-0.2, 0) is 22.6 Å². The summed E-state index contributed by atoms with van der Waals surface area (Å²) in [7, 11) is 0. The molecule has 0 bridgehead atoms. The molecule has 2 N–H and O–H groups in total. The van der Waals surface area contributed by atoms with Gasteiger partial charge in [-0.05, 0) is 58.1 Å². The summed E-state index contributed by atoms with van der Waals surface area (Å²) in [5.41, 5.74) is 1.63. The second-order valence-electron chi connectivity index (χ2n) is 8.40.